The molecule has 0 radical (unpaired) electrons. The molecule has 2 heterocycles. The third-order valence-corrected chi connectivity index (χ3v) is 7.71. The molecule has 3 aromatic rings. The molecule has 1 saturated heterocycles. The first-order chi connectivity index (χ1) is 17.6. The second-order valence-electron chi connectivity index (χ2n) is 10.4. The summed E-state index contributed by atoms with van der Waals surface area (Å²) in [7, 11) is 0. The highest BCUT2D eigenvalue weighted by Gasteiger charge is 2.38. The quantitative estimate of drug-likeness (QED) is 0.478. The van der Waals surface area contributed by atoms with Crippen LogP contribution in [-0.4, -0.2) is 50.2 Å². The van der Waals surface area contributed by atoms with Crippen molar-refractivity contribution in [3.8, 4) is 0 Å². The zero-order valence-corrected chi connectivity index (χ0v) is 21.0. The SMILES string of the molecule is Cc1ccc([C@H]2C[C@@H](n3cc(COC(=O)c4ccccc4)nn3)[C@H](O)CN2CC2CCCCC2)cc1. The van der Waals surface area contributed by atoms with Gasteiger partial charge in [-0.15, -0.1) is 5.10 Å². The number of carbonyl (C=O) groups is 1. The van der Waals surface area contributed by atoms with E-state index in [2.05, 4.69) is 46.4 Å². The van der Waals surface area contributed by atoms with Crippen molar-refractivity contribution in [3.63, 3.8) is 0 Å². The minimum Gasteiger partial charge on any atom is -0.455 e. The fraction of sp³-hybridized carbons (Fsp3) is 0.483. The summed E-state index contributed by atoms with van der Waals surface area (Å²) in [4.78, 5) is 14.8. The van der Waals surface area contributed by atoms with Crippen molar-refractivity contribution >= 4 is 5.97 Å². The normalized spacial score (nSPS) is 23.4. The molecule has 1 saturated carbocycles. The maximum absolute atomic E-state index is 12.3. The molecule has 0 spiro atoms. The van der Waals surface area contributed by atoms with Gasteiger partial charge in [-0.3, -0.25) is 4.90 Å². The maximum atomic E-state index is 12.3. The average molecular weight is 489 g/mol. The minimum absolute atomic E-state index is 0.0474. The summed E-state index contributed by atoms with van der Waals surface area (Å²) < 4.78 is 7.18. The van der Waals surface area contributed by atoms with E-state index in [-0.39, 0.29) is 24.7 Å². The molecule has 1 aromatic heterocycles. The van der Waals surface area contributed by atoms with Gasteiger partial charge in [0, 0.05) is 19.1 Å². The number of aromatic nitrogens is 3. The molecule has 2 fully saturated rings. The summed E-state index contributed by atoms with van der Waals surface area (Å²) in [6.45, 7) is 3.79. The number of β-amino-alcohol motifs (C(OH)–C–C–N with tert-alkyl or cyclic N) is 1. The highest BCUT2D eigenvalue weighted by atomic mass is 16.5. The summed E-state index contributed by atoms with van der Waals surface area (Å²) in [5.74, 6) is 0.313. The van der Waals surface area contributed by atoms with E-state index in [1.54, 1.807) is 35.1 Å². The zero-order valence-electron chi connectivity index (χ0n) is 21.0. The zero-order chi connectivity index (χ0) is 24.9. The Hall–Kier alpha value is -3.03. The van der Waals surface area contributed by atoms with Gasteiger partial charge in [0.15, 0.2) is 0 Å². The van der Waals surface area contributed by atoms with Gasteiger partial charge >= 0.3 is 5.97 Å². The number of ether oxygens (including phenoxy) is 1. The van der Waals surface area contributed by atoms with Gasteiger partial charge in [0.25, 0.3) is 0 Å². The second-order valence-corrected chi connectivity index (χ2v) is 10.4. The van der Waals surface area contributed by atoms with Crippen molar-refractivity contribution in [2.45, 2.75) is 70.2 Å². The van der Waals surface area contributed by atoms with E-state index in [0.717, 1.165) is 13.0 Å². The van der Waals surface area contributed by atoms with Crippen molar-refractivity contribution in [3.05, 3.63) is 83.2 Å². The van der Waals surface area contributed by atoms with Gasteiger partial charge in [0.05, 0.1) is 23.9 Å². The van der Waals surface area contributed by atoms with E-state index in [9.17, 15) is 9.90 Å². The number of esters is 1. The van der Waals surface area contributed by atoms with Gasteiger partial charge < -0.3 is 9.84 Å². The molecular formula is C29H36N4O3. The smallest absolute Gasteiger partial charge is 0.338 e. The first kappa shape index (κ1) is 24.7. The number of hydrogen-bond acceptors (Lipinski definition) is 6. The van der Waals surface area contributed by atoms with Gasteiger partial charge in [0.1, 0.15) is 12.3 Å². The third-order valence-electron chi connectivity index (χ3n) is 7.71. The van der Waals surface area contributed by atoms with Crippen LogP contribution in [0.25, 0.3) is 0 Å². The van der Waals surface area contributed by atoms with Crippen molar-refractivity contribution in [2.24, 2.45) is 5.92 Å². The lowest BCUT2D eigenvalue weighted by atomic mass is 9.85. The van der Waals surface area contributed by atoms with Crippen LogP contribution in [0.4, 0.5) is 0 Å². The van der Waals surface area contributed by atoms with Crippen molar-refractivity contribution < 1.29 is 14.6 Å². The Bertz CT molecular complexity index is 1120. The molecule has 2 aromatic carbocycles. The first-order valence-electron chi connectivity index (χ1n) is 13.2. The molecule has 7 nitrogen and oxygen atoms in total. The average Bonchev–Trinajstić information content (AvgIpc) is 3.38. The van der Waals surface area contributed by atoms with Crippen LogP contribution in [0.15, 0.2) is 60.8 Å². The second kappa shape index (κ2) is 11.4. The maximum Gasteiger partial charge on any atom is 0.338 e. The molecule has 190 valence electrons. The lowest BCUT2D eigenvalue weighted by Crippen LogP contribution is -2.48. The predicted molar refractivity (Wildman–Crippen MR) is 137 cm³/mol. The highest BCUT2D eigenvalue weighted by molar-refractivity contribution is 5.89. The van der Waals surface area contributed by atoms with E-state index in [1.165, 1.54) is 43.2 Å². The lowest BCUT2D eigenvalue weighted by molar-refractivity contribution is -0.0182. The van der Waals surface area contributed by atoms with Crippen LogP contribution in [-0.2, 0) is 11.3 Å². The Kier molecular flexibility index (Phi) is 7.78. The predicted octanol–water partition coefficient (Wildman–Crippen LogP) is 4.87. The molecule has 36 heavy (non-hydrogen) atoms. The van der Waals surface area contributed by atoms with Gasteiger partial charge in [0.2, 0.25) is 0 Å². The number of benzene rings is 2. The van der Waals surface area contributed by atoms with E-state index >= 15 is 0 Å². The lowest BCUT2D eigenvalue weighted by Gasteiger charge is -2.44. The summed E-state index contributed by atoms with van der Waals surface area (Å²) in [6, 6.07) is 17.7. The van der Waals surface area contributed by atoms with Crippen LogP contribution in [0.2, 0.25) is 0 Å². The molecule has 1 N–H and O–H groups in total. The summed E-state index contributed by atoms with van der Waals surface area (Å²) in [6.07, 6.45) is 8.55. The minimum atomic E-state index is -0.545. The highest BCUT2D eigenvalue weighted by Crippen LogP contribution is 2.38. The molecule has 0 amide bonds. The molecule has 2 aliphatic rings. The number of aliphatic hydroxyl groups excluding tert-OH is 1. The Morgan fingerprint density at radius 3 is 2.56 bits per heavy atom. The van der Waals surface area contributed by atoms with Crippen LogP contribution in [0, 0.1) is 12.8 Å². The van der Waals surface area contributed by atoms with Gasteiger partial charge in [-0.1, -0.05) is 72.5 Å². The first-order valence-corrected chi connectivity index (χ1v) is 13.2. The number of aliphatic hydroxyl groups is 1. The van der Waals surface area contributed by atoms with Gasteiger partial charge in [-0.2, -0.15) is 0 Å². The Morgan fingerprint density at radius 1 is 1.06 bits per heavy atom. The van der Waals surface area contributed by atoms with Crippen LogP contribution >= 0.6 is 0 Å². The number of likely N-dealkylation sites (tertiary alicyclic amines) is 1. The van der Waals surface area contributed by atoms with E-state index < -0.39 is 6.10 Å². The molecular weight excluding hydrogens is 452 g/mol. The fourth-order valence-electron chi connectivity index (χ4n) is 5.69. The van der Waals surface area contributed by atoms with Crippen LogP contribution in [0.3, 0.4) is 0 Å². The van der Waals surface area contributed by atoms with Crippen molar-refractivity contribution in [1.82, 2.24) is 19.9 Å². The molecule has 0 unspecified atom stereocenters. The Balaban J connectivity index is 1.29. The molecule has 0 bridgehead atoms. The number of carbonyl (C=O) groups excluding carboxylic acids is 1. The van der Waals surface area contributed by atoms with E-state index in [1.807, 2.05) is 6.07 Å². The number of aryl methyl sites for hydroxylation is 1. The number of piperidine rings is 1. The molecule has 5 rings (SSSR count). The monoisotopic (exact) mass is 488 g/mol. The largest absolute Gasteiger partial charge is 0.455 e. The number of nitrogens with zero attached hydrogens (tertiary/aromatic N) is 4. The van der Waals surface area contributed by atoms with Crippen LogP contribution in [0.1, 0.15) is 77.8 Å². The topological polar surface area (TPSA) is 80.5 Å². The number of rotatable bonds is 7. The standard InChI is InChI=1S/C29H36N4O3/c1-21-12-14-23(15-13-21)26-16-27(28(34)19-32(26)17-22-8-4-2-5-9-22)33-18-25(30-31-33)20-36-29(35)24-10-6-3-7-11-24/h3,6-7,10-15,18,22,26-28,34H,2,4-5,8-9,16-17,19-20H2,1H3/t26-,27-,28-/m1/s1. The van der Waals surface area contributed by atoms with E-state index in [4.69, 9.17) is 4.74 Å². The molecule has 1 aliphatic heterocycles. The summed E-state index contributed by atoms with van der Waals surface area (Å²) in [5.41, 5.74) is 3.61. The van der Waals surface area contributed by atoms with E-state index in [0.29, 0.717) is 23.7 Å². The number of hydrogen-bond donors (Lipinski definition) is 1. The summed E-state index contributed by atoms with van der Waals surface area (Å²) in [5, 5.41) is 19.7. The Labute approximate surface area is 213 Å². The van der Waals surface area contributed by atoms with Crippen molar-refractivity contribution in [1.29, 1.82) is 0 Å². The molecule has 3 atom stereocenters. The Morgan fingerprint density at radius 2 is 1.81 bits per heavy atom. The van der Waals surface area contributed by atoms with Gasteiger partial charge in [-0.25, -0.2) is 9.48 Å². The summed E-state index contributed by atoms with van der Waals surface area (Å²) >= 11 is 0. The van der Waals surface area contributed by atoms with Crippen molar-refractivity contribution in [2.75, 3.05) is 13.1 Å². The third kappa shape index (κ3) is 5.85. The molecule has 1 aliphatic carbocycles. The molecule has 7 heteroatoms. The van der Waals surface area contributed by atoms with Crippen LogP contribution < -0.4 is 0 Å². The fourth-order valence-corrected chi connectivity index (χ4v) is 5.69. The van der Waals surface area contributed by atoms with Gasteiger partial charge in [-0.05, 0) is 49.8 Å². The van der Waals surface area contributed by atoms with Crippen LogP contribution in [0.5, 0.6) is 0 Å².